The molecule has 6 fully saturated rings. The van der Waals surface area contributed by atoms with Crippen molar-refractivity contribution in [3.8, 4) is 0 Å². The van der Waals surface area contributed by atoms with Crippen LogP contribution >= 0.6 is 7.82 Å². The Morgan fingerprint density at radius 2 is 0.892 bits per heavy atom. The van der Waals surface area contributed by atoms with Crippen LogP contribution in [0.15, 0.2) is 0 Å². The second kappa shape index (κ2) is 31.1. The minimum absolute atomic E-state index is 0.785. The van der Waals surface area contributed by atoms with Gasteiger partial charge >= 0.3 is 31.7 Å². The predicted octanol–water partition coefficient (Wildman–Crippen LogP) is -14.3. The SMILES string of the molecule is CC(=O)N[C@@H]1[C@@H](O)[C@H](O)[C@@H](CO[C@@H]2O[C@H](CO[C@]3(C(=O)O)C[C@@H](O[C@]4(C(=O)O)C[C@@H](O[C@]5(C(=O)O)C[C@@H](O)[C@@H](O)[C@@H]([C@H](O)CO)O5)[C@@H](O)[C@@H]([C@H](O)CO[C@]5(C(=O)O)C[C@@H](O)[C@@H](O)[C@@H]([C@H](O)CO)O5)O4)[C@@H](O)[C@@H]([C@H](O)CO)O3)[C@@H](OP(=O)(O)O)[C@H](O)[C@H]2NC(C)=O)O[C@@H]1O. The maximum Gasteiger partial charge on any atom is 0.470 e. The Hall–Kier alpha value is -4.19. The lowest BCUT2D eigenvalue weighted by Crippen LogP contribution is -2.70. The molecule has 6 heterocycles. The monoisotopic (exact) mass is 1380 g/mol. The molecule has 25 N–H and O–H groups in total. The molecule has 6 saturated heterocycles. The number of ether oxygens (including phenoxy) is 11. The van der Waals surface area contributed by atoms with E-state index in [0.29, 0.717) is 0 Å². The molecule has 44 nitrogen and oxygen atoms in total. The number of carbonyl (C=O) groups excluding carboxylic acids is 2. The quantitative estimate of drug-likeness (QED) is 0.0324. The van der Waals surface area contributed by atoms with Gasteiger partial charge in [0.1, 0.15) is 122 Å². The van der Waals surface area contributed by atoms with Gasteiger partial charge in [0.05, 0.1) is 64.1 Å². The number of aliphatic hydroxyl groups excluding tert-OH is 17. The molecule has 30 atom stereocenters. The van der Waals surface area contributed by atoms with Gasteiger partial charge < -0.3 is 180 Å². The van der Waals surface area contributed by atoms with E-state index in [1.54, 1.807) is 0 Å². The topological polar surface area (TPSA) is 720 Å². The minimum atomic E-state index is -5.86. The molecule has 0 unspecified atom stereocenters. The Kier molecular flexibility index (Phi) is 26.0. The molecule has 0 radical (unpaired) electrons. The molecular weight excluding hydrogens is 1310 g/mol. The summed E-state index contributed by atoms with van der Waals surface area (Å²) in [5, 5.41) is 231. The lowest BCUT2D eigenvalue weighted by atomic mass is 9.88. The van der Waals surface area contributed by atoms with Crippen molar-refractivity contribution in [3.63, 3.8) is 0 Å². The van der Waals surface area contributed by atoms with Crippen molar-refractivity contribution < 1.29 is 207 Å². The Balaban J connectivity index is 1.41. The molecule has 0 aliphatic carbocycles. The van der Waals surface area contributed by atoms with Gasteiger partial charge in [-0.25, -0.2) is 23.7 Å². The van der Waals surface area contributed by atoms with E-state index >= 15 is 0 Å². The van der Waals surface area contributed by atoms with Crippen LogP contribution in [0.3, 0.4) is 0 Å². The van der Waals surface area contributed by atoms with Gasteiger partial charge in [-0.2, -0.15) is 0 Å². The van der Waals surface area contributed by atoms with Crippen LogP contribution in [0.4, 0.5) is 0 Å². The van der Waals surface area contributed by atoms with Gasteiger partial charge in [-0.15, -0.1) is 0 Å². The van der Waals surface area contributed by atoms with Gasteiger partial charge in [-0.3, -0.25) is 14.1 Å². The van der Waals surface area contributed by atoms with Crippen molar-refractivity contribution in [1.29, 1.82) is 0 Å². The molecular formula is C48H77N2O42P. The van der Waals surface area contributed by atoms with Crippen LogP contribution in [-0.4, -0.2) is 374 Å². The molecule has 536 valence electrons. The fraction of sp³-hybridized carbons (Fsp3) is 0.875. The lowest BCUT2D eigenvalue weighted by molar-refractivity contribution is -0.395. The van der Waals surface area contributed by atoms with Gasteiger partial charge in [-0.1, -0.05) is 0 Å². The zero-order valence-corrected chi connectivity index (χ0v) is 49.5. The number of phosphoric ester groups is 1. The Morgan fingerprint density at radius 3 is 1.33 bits per heavy atom. The highest BCUT2D eigenvalue weighted by molar-refractivity contribution is 7.46. The standard InChI is InChI=1S/C48H77N2O42P/c1-13(54)49-25-32(67)29(64)23(84-39(25)69)11-81-40-26(50-14(2)55)33(68)38(92-93(78,79)80)24(85-40)12-83-46(42(72)73)5-21(30(65)36(89-46)19(60)9-53)87-48(44(76)77)6-22(86-47(43(74)75)4-16(57)28(63)35(90-47)18(59)8-52)31(66)37(91-48)20(61)10-82-45(41(70)71)3-15(56)27(62)34(88-45)17(58)7-51/h15-40,51-53,56-69H,3-12H2,1-2H3,(H,49,54)(H,50,55)(H,70,71)(H,72,73)(H,74,75)(H,76,77)(H2,78,79,80)/t15-,16-,17-,18-,19-,20-,21-,22-,23-,24-,25-,26-,27-,28-,29-,30-,31-,32-,33-,34-,35-,36-,37-,38-,39+,40-,45-,46-,47-,48-/m1/s1. The maximum absolute atomic E-state index is 13.9. The first kappa shape index (κ1) is 77.8. The fourth-order valence-electron chi connectivity index (χ4n) is 11.2. The normalized spacial score (nSPS) is 43.0. The van der Waals surface area contributed by atoms with Crippen molar-refractivity contribution >= 4 is 43.5 Å². The summed E-state index contributed by atoms with van der Waals surface area (Å²) in [6.07, 6.45) is -62.3. The molecule has 0 saturated carbocycles. The van der Waals surface area contributed by atoms with Crippen LogP contribution in [0, 0.1) is 0 Å². The highest BCUT2D eigenvalue weighted by Crippen LogP contribution is 2.46. The first-order chi connectivity index (χ1) is 43.2. The summed E-state index contributed by atoms with van der Waals surface area (Å²) >= 11 is 0. The molecule has 93 heavy (non-hydrogen) atoms. The van der Waals surface area contributed by atoms with Gasteiger partial charge in [0.2, 0.25) is 11.8 Å². The molecule has 0 aromatic carbocycles. The van der Waals surface area contributed by atoms with Crippen molar-refractivity contribution in [2.75, 3.05) is 39.6 Å². The van der Waals surface area contributed by atoms with E-state index in [-0.39, 0.29) is 0 Å². The van der Waals surface area contributed by atoms with E-state index in [2.05, 4.69) is 10.6 Å². The summed E-state index contributed by atoms with van der Waals surface area (Å²) in [4.78, 5) is 97.7. The van der Waals surface area contributed by atoms with Gasteiger partial charge in [0, 0.05) is 39.5 Å². The summed E-state index contributed by atoms with van der Waals surface area (Å²) in [5.41, 5.74) is 0. The fourth-order valence-corrected chi connectivity index (χ4v) is 11.8. The zero-order chi connectivity index (χ0) is 69.9. The number of rotatable bonds is 28. The van der Waals surface area contributed by atoms with E-state index in [1.165, 1.54) is 0 Å². The van der Waals surface area contributed by atoms with E-state index in [0.717, 1.165) is 13.8 Å². The molecule has 6 aliphatic rings. The number of phosphoric acid groups is 1. The minimum Gasteiger partial charge on any atom is -0.477 e. The Bertz CT molecular complexity index is 2630. The number of hydrogen-bond donors (Lipinski definition) is 25. The van der Waals surface area contributed by atoms with E-state index < -0.39 is 291 Å². The number of nitrogens with one attached hydrogen (secondary N) is 2. The molecule has 6 rings (SSSR count). The van der Waals surface area contributed by atoms with Crippen LogP contribution in [0.5, 0.6) is 0 Å². The summed E-state index contributed by atoms with van der Waals surface area (Å²) in [5.74, 6) is -25.3. The molecule has 0 spiro atoms. The van der Waals surface area contributed by atoms with E-state index in [9.17, 15) is 150 Å². The van der Waals surface area contributed by atoms with Gasteiger partial charge in [-0.05, 0) is 0 Å². The highest BCUT2D eigenvalue weighted by Gasteiger charge is 2.65. The summed E-state index contributed by atoms with van der Waals surface area (Å²) in [6, 6.07) is -3.61. The summed E-state index contributed by atoms with van der Waals surface area (Å²) in [6.45, 7) is -6.30. The smallest absolute Gasteiger partial charge is 0.470 e. The third-order valence-electron chi connectivity index (χ3n) is 15.9. The third-order valence-corrected chi connectivity index (χ3v) is 16.5. The molecule has 2 amide bonds. The number of carboxylic acids is 4. The molecule has 6 aliphatic heterocycles. The average molecular weight is 1390 g/mol. The van der Waals surface area contributed by atoms with E-state index in [1.807, 2.05) is 0 Å². The van der Waals surface area contributed by atoms with Gasteiger partial charge in [0.25, 0.3) is 23.1 Å². The summed E-state index contributed by atoms with van der Waals surface area (Å²) in [7, 11) is -5.86. The first-order valence-corrected chi connectivity index (χ1v) is 29.5. The van der Waals surface area contributed by atoms with E-state index in [4.69, 9.17) is 56.6 Å². The Morgan fingerprint density at radius 1 is 0.495 bits per heavy atom. The van der Waals surface area contributed by atoms with Crippen LogP contribution in [0.25, 0.3) is 0 Å². The largest absolute Gasteiger partial charge is 0.477 e. The maximum atomic E-state index is 13.9. The number of aliphatic carboxylic acids is 4. The number of aliphatic hydroxyl groups is 17. The van der Waals surface area contributed by atoms with Crippen molar-refractivity contribution in [2.45, 2.75) is 222 Å². The second-order valence-corrected chi connectivity index (χ2v) is 23.8. The highest BCUT2D eigenvalue weighted by atomic mass is 31.2. The molecule has 0 aromatic rings. The van der Waals surface area contributed by atoms with Crippen molar-refractivity contribution in [1.82, 2.24) is 10.6 Å². The van der Waals surface area contributed by atoms with Crippen LogP contribution < -0.4 is 10.6 Å². The lowest BCUT2D eigenvalue weighted by Gasteiger charge is -2.52. The van der Waals surface area contributed by atoms with Crippen molar-refractivity contribution in [3.05, 3.63) is 0 Å². The zero-order valence-electron chi connectivity index (χ0n) is 48.6. The van der Waals surface area contributed by atoms with Crippen molar-refractivity contribution in [2.24, 2.45) is 0 Å². The first-order valence-electron chi connectivity index (χ1n) is 28.0. The predicted molar refractivity (Wildman–Crippen MR) is 278 cm³/mol. The number of amides is 2. The second-order valence-electron chi connectivity index (χ2n) is 22.7. The third kappa shape index (κ3) is 17.2. The Labute approximate surface area is 521 Å². The number of hydrogen-bond acceptors (Lipinski definition) is 36. The average Bonchev–Trinajstić information content (AvgIpc) is 0.749. The number of carbonyl (C=O) groups is 6. The summed E-state index contributed by atoms with van der Waals surface area (Å²) < 4.78 is 78.5. The molecule has 45 heteroatoms. The number of carboxylic acid groups (broad SMARTS) is 4. The van der Waals surface area contributed by atoms with Crippen LogP contribution in [-0.2, 0) is 90.0 Å². The van der Waals surface area contributed by atoms with Crippen LogP contribution in [0.2, 0.25) is 0 Å². The molecule has 0 bridgehead atoms. The van der Waals surface area contributed by atoms with Gasteiger partial charge in [0.15, 0.2) is 12.6 Å². The molecule has 0 aromatic heterocycles. The van der Waals surface area contributed by atoms with Crippen LogP contribution in [0.1, 0.15) is 39.5 Å².